The third-order valence-electron chi connectivity index (χ3n) is 2.83. The van der Waals surface area contributed by atoms with E-state index in [0.29, 0.717) is 11.7 Å². The molecule has 2 nitrogen and oxygen atoms in total. The molecule has 2 heteroatoms. The van der Waals surface area contributed by atoms with Gasteiger partial charge < -0.3 is 0 Å². The maximum absolute atomic E-state index is 11.6. The number of ketones is 1. The fourth-order valence-electron chi connectivity index (χ4n) is 1.91. The van der Waals surface area contributed by atoms with Crippen molar-refractivity contribution in [2.45, 2.75) is 31.7 Å². The maximum atomic E-state index is 11.6. The molecule has 1 atom stereocenters. The Morgan fingerprint density at radius 3 is 2.55 bits per heavy atom. The van der Waals surface area contributed by atoms with Crippen LogP contribution < -0.4 is 0 Å². The molecule has 2 aliphatic rings. The predicted molar refractivity (Wildman–Crippen MR) is 43.4 cm³/mol. The fraction of sp³-hybridized carbons (Fsp3) is 0.889. The molecule has 0 bridgehead atoms. The second-order valence-electron chi connectivity index (χ2n) is 3.82. The molecule has 0 aromatic heterocycles. The number of likely N-dealkylation sites (N-methyl/N-ethyl adjacent to an activating group) is 1. The second kappa shape index (κ2) is 2.59. The summed E-state index contributed by atoms with van der Waals surface area (Å²) in [7, 11) is 2.07. The average Bonchev–Trinajstić information content (AvgIpc) is 2.74. The smallest absolute Gasteiger partial charge is 0.153 e. The van der Waals surface area contributed by atoms with Crippen molar-refractivity contribution in [2.75, 3.05) is 13.6 Å². The first-order valence-electron chi connectivity index (χ1n) is 4.53. The molecule has 2 fully saturated rings. The zero-order valence-corrected chi connectivity index (χ0v) is 7.05. The lowest BCUT2D eigenvalue weighted by Gasteiger charge is -2.17. The van der Waals surface area contributed by atoms with Gasteiger partial charge in [-0.25, -0.2) is 0 Å². The molecule has 1 saturated heterocycles. The lowest BCUT2D eigenvalue weighted by Crippen LogP contribution is -2.33. The minimum atomic E-state index is 0.280. The zero-order valence-electron chi connectivity index (χ0n) is 7.05. The quantitative estimate of drug-likeness (QED) is 0.591. The average molecular weight is 153 g/mol. The van der Waals surface area contributed by atoms with Crippen LogP contribution in [0.15, 0.2) is 0 Å². The normalized spacial score (nSPS) is 32.6. The van der Waals surface area contributed by atoms with Crippen LogP contribution in [0.1, 0.15) is 25.7 Å². The van der Waals surface area contributed by atoms with E-state index in [4.69, 9.17) is 0 Å². The number of Topliss-reactive ketones (excluding diaryl/α,β-unsaturated/α-hetero) is 1. The van der Waals surface area contributed by atoms with E-state index in [-0.39, 0.29) is 6.04 Å². The Morgan fingerprint density at radius 2 is 2.09 bits per heavy atom. The molecule has 0 radical (unpaired) electrons. The molecule has 1 aliphatic carbocycles. The molecule has 1 unspecified atom stereocenters. The van der Waals surface area contributed by atoms with Crippen molar-refractivity contribution in [1.29, 1.82) is 0 Å². The van der Waals surface area contributed by atoms with E-state index in [9.17, 15) is 4.79 Å². The standard InChI is InChI=1S/C9H15NO/c1-10-6-2-3-8(10)9(11)7-4-5-7/h7-8H,2-6H2,1H3. The fourth-order valence-corrected chi connectivity index (χ4v) is 1.91. The van der Waals surface area contributed by atoms with Crippen molar-refractivity contribution in [1.82, 2.24) is 4.90 Å². The number of carbonyl (C=O) groups excluding carboxylic acids is 1. The van der Waals surface area contributed by atoms with Gasteiger partial charge in [-0.15, -0.1) is 0 Å². The van der Waals surface area contributed by atoms with Gasteiger partial charge in [0.15, 0.2) is 5.78 Å². The number of nitrogens with zero attached hydrogens (tertiary/aromatic N) is 1. The largest absolute Gasteiger partial charge is 0.298 e. The molecule has 0 aromatic rings. The van der Waals surface area contributed by atoms with E-state index in [1.807, 2.05) is 0 Å². The highest BCUT2D eigenvalue weighted by atomic mass is 16.1. The van der Waals surface area contributed by atoms with E-state index >= 15 is 0 Å². The lowest BCUT2D eigenvalue weighted by atomic mass is 10.1. The molecule has 0 N–H and O–H groups in total. The van der Waals surface area contributed by atoms with Crippen LogP contribution in [0.5, 0.6) is 0 Å². The molecule has 1 aliphatic heterocycles. The summed E-state index contributed by atoms with van der Waals surface area (Å²) in [5.41, 5.74) is 0. The van der Waals surface area contributed by atoms with E-state index in [1.54, 1.807) is 0 Å². The summed E-state index contributed by atoms with van der Waals surface area (Å²) >= 11 is 0. The van der Waals surface area contributed by atoms with Gasteiger partial charge in [0.1, 0.15) is 0 Å². The van der Waals surface area contributed by atoms with Crippen molar-refractivity contribution in [3.05, 3.63) is 0 Å². The van der Waals surface area contributed by atoms with Gasteiger partial charge in [-0.05, 0) is 39.3 Å². The van der Waals surface area contributed by atoms with Crippen LogP contribution in [0.3, 0.4) is 0 Å². The summed E-state index contributed by atoms with van der Waals surface area (Å²) in [5, 5.41) is 0. The van der Waals surface area contributed by atoms with Crippen LogP contribution in [-0.2, 0) is 4.79 Å². The molecule has 0 spiro atoms. The van der Waals surface area contributed by atoms with Gasteiger partial charge in [-0.3, -0.25) is 9.69 Å². The zero-order chi connectivity index (χ0) is 7.84. The maximum Gasteiger partial charge on any atom is 0.153 e. The molecular weight excluding hydrogens is 138 g/mol. The number of rotatable bonds is 2. The Bertz CT molecular complexity index is 174. The van der Waals surface area contributed by atoms with Crippen LogP contribution in [0, 0.1) is 5.92 Å². The van der Waals surface area contributed by atoms with Crippen LogP contribution in [0.25, 0.3) is 0 Å². The Kier molecular flexibility index (Phi) is 1.72. The second-order valence-corrected chi connectivity index (χ2v) is 3.82. The van der Waals surface area contributed by atoms with Gasteiger partial charge in [0.05, 0.1) is 6.04 Å². The van der Waals surface area contributed by atoms with Gasteiger partial charge in [0.2, 0.25) is 0 Å². The van der Waals surface area contributed by atoms with Crippen LogP contribution in [0.4, 0.5) is 0 Å². The first-order chi connectivity index (χ1) is 5.29. The van der Waals surface area contributed by atoms with Gasteiger partial charge in [-0.1, -0.05) is 0 Å². The van der Waals surface area contributed by atoms with Gasteiger partial charge in [-0.2, -0.15) is 0 Å². The van der Waals surface area contributed by atoms with Crippen molar-refractivity contribution < 1.29 is 4.79 Å². The van der Waals surface area contributed by atoms with Gasteiger partial charge in [0, 0.05) is 5.92 Å². The molecule has 1 heterocycles. The molecule has 0 amide bonds. The topological polar surface area (TPSA) is 20.3 Å². The number of hydrogen-bond acceptors (Lipinski definition) is 2. The Hall–Kier alpha value is -0.370. The highest BCUT2D eigenvalue weighted by Crippen LogP contribution is 2.33. The number of hydrogen-bond donors (Lipinski definition) is 0. The van der Waals surface area contributed by atoms with E-state index < -0.39 is 0 Å². The molecule has 2 rings (SSSR count). The van der Waals surface area contributed by atoms with E-state index in [0.717, 1.165) is 25.8 Å². The van der Waals surface area contributed by atoms with Gasteiger partial charge >= 0.3 is 0 Å². The van der Waals surface area contributed by atoms with Crippen LogP contribution in [-0.4, -0.2) is 30.3 Å². The summed E-state index contributed by atoms with van der Waals surface area (Å²) in [5.74, 6) is 0.963. The van der Waals surface area contributed by atoms with Gasteiger partial charge in [0.25, 0.3) is 0 Å². The number of likely N-dealkylation sites (tertiary alicyclic amines) is 1. The van der Waals surface area contributed by atoms with Crippen molar-refractivity contribution in [2.24, 2.45) is 5.92 Å². The molecule has 1 saturated carbocycles. The first-order valence-corrected chi connectivity index (χ1v) is 4.53. The van der Waals surface area contributed by atoms with Crippen molar-refractivity contribution in [3.8, 4) is 0 Å². The third-order valence-corrected chi connectivity index (χ3v) is 2.83. The summed E-state index contributed by atoms with van der Waals surface area (Å²) in [4.78, 5) is 13.8. The Labute approximate surface area is 67.6 Å². The molecule has 62 valence electrons. The molecule has 0 aromatic carbocycles. The van der Waals surface area contributed by atoms with Crippen molar-refractivity contribution in [3.63, 3.8) is 0 Å². The highest BCUT2D eigenvalue weighted by molar-refractivity contribution is 5.88. The molecular formula is C9H15NO. The summed E-state index contributed by atoms with van der Waals surface area (Å²) in [6.07, 6.45) is 4.62. The third kappa shape index (κ3) is 1.32. The summed E-state index contributed by atoms with van der Waals surface area (Å²) in [6, 6.07) is 0.280. The highest BCUT2D eigenvalue weighted by Gasteiger charge is 2.37. The lowest BCUT2D eigenvalue weighted by molar-refractivity contribution is -0.124. The monoisotopic (exact) mass is 153 g/mol. The Morgan fingerprint density at radius 1 is 1.36 bits per heavy atom. The van der Waals surface area contributed by atoms with E-state index in [2.05, 4.69) is 11.9 Å². The number of carbonyl (C=O) groups is 1. The van der Waals surface area contributed by atoms with E-state index in [1.165, 1.54) is 6.42 Å². The van der Waals surface area contributed by atoms with Crippen LogP contribution in [0.2, 0.25) is 0 Å². The van der Waals surface area contributed by atoms with Crippen LogP contribution >= 0.6 is 0 Å². The minimum absolute atomic E-state index is 0.280. The minimum Gasteiger partial charge on any atom is -0.298 e. The van der Waals surface area contributed by atoms with Crippen molar-refractivity contribution >= 4 is 5.78 Å². The summed E-state index contributed by atoms with van der Waals surface area (Å²) in [6.45, 7) is 1.11. The SMILES string of the molecule is CN1CCCC1C(=O)C1CC1. The predicted octanol–water partition coefficient (Wildman–Crippen LogP) is 1.06. The summed E-state index contributed by atoms with van der Waals surface area (Å²) < 4.78 is 0. The molecule has 11 heavy (non-hydrogen) atoms. The first kappa shape index (κ1) is 7.29. The Balaban J connectivity index is 1.96.